The van der Waals surface area contributed by atoms with Crippen LogP contribution in [0, 0.1) is 5.92 Å². The van der Waals surface area contributed by atoms with Crippen LogP contribution < -0.4 is 10.6 Å². The van der Waals surface area contributed by atoms with Gasteiger partial charge in [0.25, 0.3) is 0 Å². The van der Waals surface area contributed by atoms with Gasteiger partial charge in [-0.1, -0.05) is 50.8 Å². The van der Waals surface area contributed by atoms with Crippen molar-refractivity contribution in [3.8, 4) is 11.6 Å². The summed E-state index contributed by atoms with van der Waals surface area (Å²) in [6.45, 7) is 2.15. The smallest absolute Gasteiger partial charge is 0.321 e. The highest BCUT2D eigenvalue weighted by Gasteiger charge is 2.26. The molecule has 168 valence electrons. The number of urea groups is 1. The molecular weight excluding hydrogens is 414 g/mol. The molecule has 0 aliphatic heterocycles. The number of imide groups is 1. The number of rotatable bonds is 6. The predicted octanol–water partition coefficient (Wildman–Crippen LogP) is 4.54. The lowest BCUT2D eigenvalue weighted by Gasteiger charge is -2.29. The number of aromatic nitrogens is 3. The van der Waals surface area contributed by atoms with Crippen molar-refractivity contribution >= 4 is 23.7 Å². The zero-order chi connectivity index (χ0) is 21.6. The van der Waals surface area contributed by atoms with Crippen molar-refractivity contribution in [2.24, 2.45) is 5.92 Å². The molecule has 3 amide bonds. The molecule has 4 rings (SSSR count). The highest BCUT2D eigenvalue weighted by Crippen LogP contribution is 2.35. The minimum absolute atomic E-state index is 0.108. The number of hydrogen-bond acceptors (Lipinski definition) is 6. The van der Waals surface area contributed by atoms with E-state index in [4.69, 9.17) is 4.42 Å². The van der Waals surface area contributed by atoms with Gasteiger partial charge in [0, 0.05) is 12.1 Å². The number of furan rings is 1. The normalized spacial score (nSPS) is 22.2. The molecule has 2 fully saturated rings. The zero-order valence-corrected chi connectivity index (χ0v) is 18.8. The second-order valence-corrected chi connectivity index (χ2v) is 9.57. The molecule has 2 aromatic rings. The number of carbonyl (C=O) groups excluding carboxylic acids is 2. The number of amides is 3. The Bertz CT molecular complexity index is 876. The van der Waals surface area contributed by atoms with E-state index in [9.17, 15) is 9.59 Å². The summed E-state index contributed by atoms with van der Waals surface area (Å²) in [5.41, 5.74) is 0. The third-order valence-corrected chi connectivity index (χ3v) is 7.30. The second-order valence-electron chi connectivity index (χ2n) is 8.62. The van der Waals surface area contributed by atoms with Crippen LogP contribution >= 0.6 is 11.8 Å². The van der Waals surface area contributed by atoms with E-state index in [0.717, 1.165) is 32.1 Å². The van der Waals surface area contributed by atoms with Gasteiger partial charge in [0.05, 0.1) is 12.0 Å². The summed E-state index contributed by atoms with van der Waals surface area (Å²) in [5, 5.41) is 14.8. The summed E-state index contributed by atoms with van der Waals surface area (Å²) in [6.07, 6.45) is 11.7. The monoisotopic (exact) mass is 445 g/mol. The Hall–Kier alpha value is -2.29. The van der Waals surface area contributed by atoms with Gasteiger partial charge in [-0.25, -0.2) is 4.79 Å². The predicted molar refractivity (Wildman–Crippen MR) is 119 cm³/mol. The van der Waals surface area contributed by atoms with E-state index >= 15 is 0 Å². The summed E-state index contributed by atoms with van der Waals surface area (Å²) >= 11 is 1.31. The fraction of sp³-hybridized carbons (Fsp3) is 0.636. The maximum atomic E-state index is 12.4. The third kappa shape index (κ3) is 5.50. The van der Waals surface area contributed by atoms with E-state index in [2.05, 4.69) is 32.3 Å². The highest BCUT2D eigenvalue weighted by atomic mass is 32.2. The van der Waals surface area contributed by atoms with Gasteiger partial charge in [-0.15, -0.1) is 10.2 Å². The number of hydrogen-bond donors (Lipinski definition) is 2. The zero-order valence-electron chi connectivity index (χ0n) is 18.0. The standard InChI is InChI=1S/C22H31N5O3S/c1-15-8-5-6-11-17(15)23-21(29)24-19(28)14-31-22-26-25-20(18-12-7-13-30-18)27(22)16-9-3-2-4-10-16/h7,12-13,15-17H,2-6,8-11,14H2,1H3,(H2,23,24,28,29). The van der Waals surface area contributed by atoms with E-state index in [0.29, 0.717) is 28.7 Å². The molecule has 0 spiro atoms. The van der Waals surface area contributed by atoms with Crippen molar-refractivity contribution in [2.45, 2.75) is 82.0 Å². The molecule has 9 heteroatoms. The summed E-state index contributed by atoms with van der Waals surface area (Å²) in [6, 6.07) is 3.74. The molecule has 2 aliphatic carbocycles. The Morgan fingerprint density at radius 3 is 2.65 bits per heavy atom. The van der Waals surface area contributed by atoms with Gasteiger partial charge < -0.3 is 9.73 Å². The minimum atomic E-state index is -0.408. The van der Waals surface area contributed by atoms with Gasteiger partial charge >= 0.3 is 6.03 Å². The molecule has 0 aromatic carbocycles. The van der Waals surface area contributed by atoms with Crippen LogP contribution in [0.25, 0.3) is 11.6 Å². The van der Waals surface area contributed by atoms with Crippen LogP contribution in [0.2, 0.25) is 0 Å². The topological polar surface area (TPSA) is 102 Å². The lowest BCUT2D eigenvalue weighted by Crippen LogP contribution is -2.48. The summed E-state index contributed by atoms with van der Waals surface area (Å²) in [5.74, 6) is 1.59. The van der Waals surface area contributed by atoms with Crippen LogP contribution in [0.5, 0.6) is 0 Å². The lowest BCUT2D eigenvalue weighted by molar-refractivity contribution is -0.117. The first-order valence-corrected chi connectivity index (χ1v) is 12.3. The van der Waals surface area contributed by atoms with Crippen molar-refractivity contribution < 1.29 is 14.0 Å². The number of thioether (sulfide) groups is 1. The number of carbonyl (C=O) groups is 2. The van der Waals surface area contributed by atoms with Crippen molar-refractivity contribution in [1.82, 2.24) is 25.4 Å². The van der Waals surface area contributed by atoms with Crippen molar-refractivity contribution in [2.75, 3.05) is 5.75 Å². The molecule has 0 radical (unpaired) electrons. The first-order valence-electron chi connectivity index (χ1n) is 11.3. The van der Waals surface area contributed by atoms with Crippen LogP contribution in [-0.2, 0) is 4.79 Å². The second kappa shape index (κ2) is 10.3. The van der Waals surface area contributed by atoms with Crippen LogP contribution in [0.15, 0.2) is 28.0 Å². The van der Waals surface area contributed by atoms with Crippen molar-refractivity contribution in [3.05, 3.63) is 18.4 Å². The Balaban J connectivity index is 1.37. The maximum absolute atomic E-state index is 12.4. The van der Waals surface area contributed by atoms with Gasteiger partial charge in [-0.05, 0) is 43.7 Å². The van der Waals surface area contributed by atoms with Crippen LogP contribution in [-0.4, -0.2) is 38.5 Å². The fourth-order valence-corrected chi connectivity index (χ4v) is 5.45. The summed E-state index contributed by atoms with van der Waals surface area (Å²) in [7, 11) is 0. The van der Waals surface area contributed by atoms with Crippen LogP contribution in [0.3, 0.4) is 0 Å². The molecule has 0 saturated heterocycles. The Kier molecular flexibility index (Phi) is 7.32. The largest absolute Gasteiger partial charge is 0.461 e. The van der Waals surface area contributed by atoms with Crippen molar-refractivity contribution in [3.63, 3.8) is 0 Å². The summed E-state index contributed by atoms with van der Waals surface area (Å²) in [4.78, 5) is 24.7. The maximum Gasteiger partial charge on any atom is 0.321 e. The highest BCUT2D eigenvalue weighted by molar-refractivity contribution is 7.99. The van der Waals surface area contributed by atoms with Gasteiger partial charge in [0.1, 0.15) is 0 Å². The molecule has 2 N–H and O–H groups in total. The quantitative estimate of drug-likeness (QED) is 0.633. The Morgan fingerprint density at radius 2 is 1.90 bits per heavy atom. The molecule has 2 unspecified atom stereocenters. The first-order chi connectivity index (χ1) is 15.1. The third-order valence-electron chi connectivity index (χ3n) is 6.36. The molecule has 2 saturated carbocycles. The van der Waals surface area contributed by atoms with E-state index < -0.39 is 6.03 Å². The van der Waals surface area contributed by atoms with Crippen LogP contribution in [0.4, 0.5) is 4.79 Å². The molecule has 8 nitrogen and oxygen atoms in total. The first kappa shape index (κ1) is 21.9. The van der Waals surface area contributed by atoms with E-state index in [1.54, 1.807) is 6.26 Å². The molecule has 2 heterocycles. The number of nitrogens with zero attached hydrogens (tertiary/aromatic N) is 3. The molecule has 31 heavy (non-hydrogen) atoms. The van der Waals surface area contributed by atoms with E-state index in [-0.39, 0.29) is 17.7 Å². The number of nitrogens with one attached hydrogen (secondary N) is 2. The lowest BCUT2D eigenvalue weighted by atomic mass is 9.86. The SMILES string of the molecule is CC1CCCCC1NC(=O)NC(=O)CSc1nnc(-c2ccco2)n1C1CCCCC1. The van der Waals surface area contributed by atoms with E-state index in [1.165, 1.54) is 37.4 Å². The minimum Gasteiger partial charge on any atom is -0.461 e. The molecular formula is C22H31N5O3S. The van der Waals surface area contributed by atoms with Crippen molar-refractivity contribution in [1.29, 1.82) is 0 Å². The Morgan fingerprint density at radius 1 is 1.13 bits per heavy atom. The summed E-state index contributed by atoms with van der Waals surface area (Å²) < 4.78 is 7.67. The fourth-order valence-electron chi connectivity index (χ4n) is 4.65. The average Bonchev–Trinajstić information content (AvgIpc) is 3.44. The van der Waals surface area contributed by atoms with Gasteiger partial charge in [-0.3, -0.25) is 14.7 Å². The van der Waals surface area contributed by atoms with Gasteiger partial charge in [0.2, 0.25) is 11.7 Å². The van der Waals surface area contributed by atoms with Crippen LogP contribution in [0.1, 0.15) is 70.8 Å². The van der Waals surface area contributed by atoms with Gasteiger partial charge in [-0.2, -0.15) is 0 Å². The molecule has 2 aromatic heterocycles. The molecule has 2 aliphatic rings. The average molecular weight is 446 g/mol. The van der Waals surface area contributed by atoms with E-state index in [1.807, 2.05) is 12.1 Å². The Labute approximate surface area is 186 Å². The molecule has 0 bridgehead atoms. The molecule has 2 atom stereocenters. The van der Waals surface area contributed by atoms with Gasteiger partial charge in [0.15, 0.2) is 10.9 Å².